The predicted molar refractivity (Wildman–Crippen MR) is 136 cm³/mol. The SMILES string of the molecule is CC(C)n1cc2c3c(cccc31)[C@H]1C[C@@H](C(=O)OC3CCCCC3)CN[C@@H]1C2.O=C(O)/C=C\C(=O)O. The molecule has 0 bridgehead atoms. The number of esters is 1. The lowest BCUT2D eigenvalue weighted by molar-refractivity contribution is -0.156. The van der Waals surface area contributed by atoms with Gasteiger partial charge in [0.15, 0.2) is 0 Å². The number of hydrogen-bond donors (Lipinski definition) is 3. The zero-order chi connectivity index (χ0) is 25.8. The van der Waals surface area contributed by atoms with Crippen molar-refractivity contribution >= 4 is 28.8 Å². The monoisotopic (exact) mass is 496 g/mol. The van der Waals surface area contributed by atoms with Crippen molar-refractivity contribution in [2.75, 3.05) is 6.54 Å². The third-order valence-corrected chi connectivity index (χ3v) is 7.55. The minimum Gasteiger partial charge on any atom is -0.478 e. The summed E-state index contributed by atoms with van der Waals surface area (Å²) >= 11 is 0. The summed E-state index contributed by atoms with van der Waals surface area (Å²) in [5.74, 6) is -2.11. The number of carboxylic acids is 2. The van der Waals surface area contributed by atoms with Crippen LogP contribution in [0.1, 0.15) is 75.5 Å². The number of benzene rings is 1. The molecule has 2 aliphatic carbocycles. The summed E-state index contributed by atoms with van der Waals surface area (Å²) < 4.78 is 8.31. The molecule has 8 heteroatoms. The van der Waals surface area contributed by atoms with Crippen LogP contribution in [0.15, 0.2) is 36.5 Å². The fourth-order valence-corrected chi connectivity index (χ4v) is 5.87. The molecular weight excluding hydrogens is 460 g/mol. The number of fused-ring (bicyclic) bond motifs is 2. The van der Waals surface area contributed by atoms with Crippen molar-refractivity contribution in [3.8, 4) is 0 Å². The van der Waals surface area contributed by atoms with Gasteiger partial charge in [-0.3, -0.25) is 4.79 Å². The molecule has 1 saturated carbocycles. The van der Waals surface area contributed by atoms with E-state index in [9.17, 15) is 14.4 Å². The van der Waals surface area contributed by atoms with Crippen LogP contribution in [-0.4, -0.2) is 51.4 Å². The fraction of sp³-hybridized carbons (Fsp3) is 0.536. The van der Waals surface area contributed by atoms with Gasteiger partial charge in [-0.05, 0) is 69.6 Å². The molecule has 2 fully saturated rings. The zero-order valence-electron chi connectivity index (χ0n) is 21.0. The van der Waals surface area contributed by atoms with Crippen molar-refractivity contribution in [1.29, 1.82) is 0 Å². The summed E-state index contributed by atoms with van der Waals surface area (Å²) in [6.07, 6.45) is 11.4. The number of nitrogens with zero attached hydrogens (tertiary/aromatic N) is 1. The van der Waals surface area contributed by atoms with Gasteiger partial charge in [0, 0.05) is 53.8 Å². The van der Waals surface area contributed by atoms with E-state index in [1.165, 1.54) is 41.3 Å². The van der Waals surface area contributed by atoms with Crippen LogP contribution in [0.5, 0.6) is 0 Å². The number of carbonyl (C=O) groups excluding carboxylic acids is 1. The maximum Gasteiger partial charge on any atom is 0.328 e. The van der Waals surface area contributed by atoms with E-state index in [-0.39, 0.29) is 18.0 Å². The number of carboxylic acid groups (broad SMARTS) is 2. The number of rotatable bonds is 5. The van der Waals surface area contributed by atoms with Crippen LogP contribution < -0.4 is 5.32 Å². The molecule has 1 aromatic carbocycles. The minimum absolute atomic E-state index is 0.0211. The minimum atomic E-state index is -1.26. The number of aliphatic carboxylic acids is 2. The second-order valence-corrected chi connectivity index (χ2v) is 10.4. The van der Waals surface area contributed by atoms with Gasteiger partial charge in [-0.15, -0.1) is 0 Å². The normalized spacial score (nSPS) is 23.7. The zero-order valence-corrected chi connectivity index (χ0v) is 21.0. The molecule has 2 aromatic rings. The molecule has 3 aliphatic rings. The van der Waals surface area contributed by atoms with Crippen LogP contribution in [0.2, 0.25) is 0 Å². The quantitative estimate of drug-likeness (QED) is 0.414. The molecule has 36 heavy (non-hydrogen) atoms. The number of piperidine rings is 1. The maximum atomic E-state index is 12.9. The van der Waals surface area contributed by atoms with Crippen molar-refractivity contribution in [3.63, 3.8) is 0 Å². The summed E-state index contributed by atoms with van der Waals surface area (Å²) in [6.45, 7) is 5.25. The molecule has 0 spiro atoms. The van der Waals surface area contributed by atoms with E-state index in [0.717, 1.165) is 32.2 Å². The molecule has 1 saturated heterocycles. The largest absolute Gasteiger partial charge is 0.478 e. The summed E-state index contributed by atoms with van der Waals surface area (Å²) in [5, 5.41) is 20.8. The Morgan fingerprint density at radius 2 is 1.78 bits per heavy atom. The van der Waals surface area contributed by atoms with Crippen molar-refractivity contribution in [3.05, 3.63) is 47.7 Å². The number of carbonyl (C=O) groups is 3. The maximum absolute atomic E-state index is 12.9. The summed E-state index contributed by atoms with van der Waals surface area (Å²) in [5.41, 5.74) is 4.22. The van der Waals surface area contributed by atoms with Gasteiger partial charge in [-0.2, -0.15) is 0 Å². The van der Waals surface area contributed by atoms with Crippen LogP contribution in [0.25, 0.3) is 10.9 Å². The molecule has 0 amide bonds. The van der Waals surface area contributed by atoms with E-state index in [1.807, 2.05) is 0 Å². The van der Waals surface area contributed by atoms with Crippen LogP contribution >= 0.6 is 0 Å². The van der Waals surface area contributed by atoms with Crippen LogP contribution in [0.4, 0.5) is 0 Å². The lowest BCUT2D eigenvalue weighted by Gasteiger charge is -2.40. The second kappa shape index (κ2) is 11.3. The molecule has 1 aromatic heterocycles. The standard InChI is InChI=1S/C24H32N2O2.C4H4O4/c1-15(2)26-14-17-12-21-20(19-9-6-10-22(26)23(17)19)11-16(13-25-21)24(27)28-18-7-4-3-5-8-18;5-3(6)1-2-4(7)8/h6,9-10,14-16,18,20-21,25H,3-5,7-8,11-13H2,1-2H3;1-2H,(H,5,6)(H,7,8)/b;2-1-/t16-,20-,21-;/m1./s1. The van der Waals surface area contributed by atoms with E-state index >= 15 is 0 Å². The fourth-order valence-electron chi connectivity index (χ4n) is 5.87. The predicted octanol–water partition coefficient (Wildman–Crippen LogP) is 4.43. The van der Waals surface area contributed by atoms with E-state index in [4.69, 9.17) is 14.9 Å². The highest BCUT2D eigenvalue weighted by molar-refractivity contribution is 5.90. The third kappa shape index (κ3) is 5.81. The molecule has 0 radical (unpaired) electrons. The van der Waals surface area contributed by atoms with Gasteiger partial charge < -0.3 is 24.8 Å². The van der Waals surface area contributed by atoms with Crippen molar-refractivity contribution in [1.82, 2.24) is 9.88 Å². The Bertz CT molecular complexity index is 1130. The lowest BCUT2D eigenvalue weighted by atomic mass is 9.73. The van der Waals surface area contributed by atoms with Crippen molar-refractivity contribution in [2.45, 2.75) is 82.9 Å². The first-order chi connectivity index (χ1) is 17.2. The van der Waals surface area contributed by atoms with E-state index in [1.54, 1.807) is 0 Å². The van der Waals surface area contributed by atoms with Gasteiger partial charge >= 0.3 is 17.9 Å². The highest BCUT2D eigenvalue weighted by Crippen LogP contribution is 2.43. The van der Waals surface area contributed by atoms with Crippen molar-refractivity contribution < 1.29 is 29.3 Å². The number of hydrogen-bond acceptors (Lipinski definition) is 5. The van der Waals surface area contributed by atoms with Crippen LogP contribution in [0, 0.1) is 5.92 Å². The van der Waals surface area contributed by atoms with E-state index < -0.39 is 11.9 Å². The van der Waals surface area contributed by atoms with Crippen LogP contribution in [0.3, 0.4) is 0 Å². The number of ether oxygens (including phenoxy) is 1. The topological polar surface area (TPSA) is 118 Å². The highest BCUT2D eigenvalue weighted by Gasteiger charge is 2.40. The van der Waals surface area contributed by atoms with Gasteiger partial charge in [0.25, 0.3) is 0 Å². The van der Waals surface area contributed by atoms with Crippen molar-refractivity contribution in [2.24, 2.45) is 5.92 Å². The molecule has 2 heterocycles. The Morgan fingerprint density at radius 3 is 2.42 bits per heavy atom. The highest BCUT2D eigenvalue weighted by atomic mass is 16.5. The first kappa shape index (κ1) is 25.9. The summed E-state index contributed by atoms with van der Waals surface area (Å²) in [6, 6.07) is 7.60. The Kier molecular flexibility index (Phi) is 8.14. The van der Waals surface area contributed by atoms with E-state index in [2.05, 4.69) is 48.1 Å². The third-order valence-electron chi connectivity index (χ3n) is 7.55. The summed E-state index contributed by atoms with van der Waals surface area (Å²) in [7, 11) is 0. The number of nitrogens with one attached hydrogen (secondary N) is 1. The van der Waals surface area contributed by atoms with Gasteiger partial charge in [-0.1, -0.05) is 18.6 Å². The molecule has 194 valence electrons. The molecule has 8 nitrogen and oxygen atoms in total. The Balaban J connectivity index is 0.000000331. The molecule has 5 rings (SSSR count). The Morgan fingerprint density at radius 1 is 1.08 bits per heavy atom. The first-order valence-corrected chi connectivity index (χ1v) is 12.9. The van der Waals surface area contributed by atoms with Gasteiger partial charge in [0.1, 0.15) is 6.10 Å². The average molecular weight is 497 g/mol. The van der Waals surface area contributed by atoms with Crippen LogP contribution in [-0.2, 0) is 25.5 Å². The molecular formula is C28H36N2O6. The second-order valence-electron chi connectivity index (χ2n) is 10.4. The smallest absolute Gasteiger partial charge is 0.328 e. The molecule has 3 atom stereocenters. The van der Waals surface area contributed by atoms with Gasteiger partial charge in [0.05, 0.1) is 5.92 Å². The Labute approximate surface area is 211 Å². The molecule has 3 N–H and O–H groups in total. The molecule has 1 aliphatic heterocycles. The molecule has 0 unspecified atom stereocenters. The van der Waals surface area contributed by atoms with Gasteiger partial charge in [-0.25, -0.2) is 9.59 Å². The van der Waals surface area contributed by atoms with Gasteiger partial charge in [0.2, 0.25) is 0 Å². The number of aromatic nitrogens is 1. The summed E-state index contributed by atoms with van der Waals surface area (Å²) in [4.78, 5) is 32.0. The van der Waals surface area contributed by atoms with E-state index in [0.29, 0.717) is 30.2 Å². The lowest BCUT2D eigenvalue weighted by Crippen LogP contribution is -2.49. The Hall–Kier alpha value is -3.13. The average Bonchev–Trinajstić information content (AvgIpc) is 3.23. The first-order valence-electron chi connectivity index (χ1n) is 12.9.